The number of benzene rings is 2. The van der Waals surface area contributed by atoms with E-state index >= 15 is 0 Å². The first-order valence-corrected chi connectivity index (χ1v) is 14.1. The Morgan fingerprint density at radius 1 is 0.952 bits per heavy atom. The Bertz CT molecular complexity index is 1330. The van der Waals surface area contributed by atoms with E-state index in [-0.39, 0.29) is 23.8 Å². The summed E-state index contributed by atoms with van der Waals surface area (Å²) in [6.07, 6.45) is -3.06. The monoisotopic (exact) mass is 604 g/mol. The maximum absolute atomic E-state index is 12.4. The van der Waals surface area contributed by atoms with Crippen LogP contribution in [0.15, 0.2) is 78.2 Å². The number of ketones is 1. The first-order valence-electron chi connectivity index (χ1n) is 13.2. The van der Waals surface area contributed by atoms with Crippen LogP contribution < -0.4 is 10.4 Å². The third-order valence-corrected chi connectivity index (χ3v) is 7.84. The van der Waals surface area contributed by atoms with Crippen LogP contribution in [0.3, 0.4) is 0 Å². The van der Waals surface area contributed by atoms with Gasteiger partial charge in [0.15, 0.2) is 6.10 Å². The molecule has 3 aliphatic heterocycles. The maximum atomic E-state index is 12.4. The number of carboxylic acids is 1. The number of amides is 1. The summed E-state index contributed by atoms with van der Waals surface area (Å²) in [5.74, 6) is -2.57. The number of para-hydroxylation sites is 1. The normalized spacial score (nSPS) is 20.6. The maximum Gasteiger partial charge on any atom is 0.430 e. The number of thiophene rings is 1. The molecule has 1 amide bonds. The predicted octanol–water partition coefficient (Wildman–Crippen LogP) is 4.34. The fraction of sp³-hybridized carbons (Fsp3) is 0.333. The number of nitrogens with zero attached hydrogens (tertiary/aromatic N) is 1. The predicted molar refractivity (Wildman–Crippen MR) is 149 cm³/mol. The summed E-state index contributed by atoms with van der Waals surface area (Å²) in [7, 11) is 0. The first kappa shape index (κ1) is 32.5. The molecule has 1 N–H and O–H groups in total. The number of fused-ring (bicyclic) bond motifs is 3. The van der Waals surface area contributed by atoms with Gasteiger partial charge in [-0.25, -0.2) is 0 Å². The van der Waals surface area contributed by atoms with Crippen LogP contribution in [0.4, 0.5) is 18.9 Å². The van der Waals surface area contributed by atoms with Crippen LogP contribution in [0.1, 0.15) is 39.8 Å². The molecule has 12 heteroatoms. The molecule has 8 nitrogen and oxygen atoms in total. The highest BCUT2D eigenvalue weighted by Gasteiger charge is 2.48. The number of rotatable bonds is 6. The van der Waals surface area contributed by atoms with Gasteiger partial charge >= 0.3 is 12.1 Å². The molecule has 3 aromatic rings. The Hall–Kier alpha value is -4.03. The smallest absolute Gasteiger partial charge is 0.430 e. The molecule has 0 aliphatic carbocycles. The third kappa shape index (κ3) is 9.81. The van der Waals surface area contributed by atoms with Gasteiger partial charge in [0.05, 0.1) is 18.0 Å². The summed E-state index contributed by atoms with van der Waals surface area (Å²) in [5, 5.41) is 13.5. The Morgan fingerprint density at radius 3 is 2.02 bits per heavy atom. The SMILES string of the molecule is CC(=O)O[C@H]1C[N+]2(CC(=O)c3cccs3)CCC1CC2.O=C(Nc1ccccc1)c1ccccc1.O=C([O-])C(F)(F)F. The number of alkyl halides is 3. The number of hydrogen-bond acceptors (Lipinski definition) is 7. The zero-order chi connectivity index (χ0) is 30.8. The second-order valence-corrected chi connectivity index (χ2v) is 10.9. The van der Waals surface area contributed by atoms with Crippen molar-refractivity contribution >= 4 is 40.7 Å². The second kappa shape index (κ2) is 14.7. The molecule has 4 heterocycles. The van der Waals surface area contributed by atoms with Crippen molar-refractivity contribution in [3.63, 3.8) is 0 Å². The summed E-state index contributed by atoms with van der Waals surface area (Å²) in [4.78, 5) is 44.9. The minimum Gasteiger partial charge on any atom is -0.542 e. The minimum absolute atomic E-state index is 0.00568. The summed E-state index contributed by atoms with van der Waals surface area (Å²) in [6.45, 7) is 4.91. The lowest BCUT2D eigenvalue weighted by molar-refractivity contribution is -0.938. The number of carbonyl (C=O) groups is 4. The minimum atomic E-state index is -5.19. The number of nitrogens with one attached hydrogen (secondary N) is 1. The highest BCUT2D eigenvalue weighted by molar-refractivity contribution is 7.12. The van der Waals surface area contributed by atoms with Crippen molar-refractivity contribution in [1.82, 2.24) is 0 Å². The number of carbonyl (C=O) groups excluding carboxylic acids is 4. The third-order valence-electron chi connectivity index (χ3n) is 6.93. The zero-order valence-corrected chi connectivity index (χ0v) is 23.7. The van der Waals surface area contributed by atoms with E-state index in [1.165, 1.54) is 18.3 Å². The van der Waals surface area contributed by atoms with Gasteiger partial charge in [0.2, 0.25) is 5.78 Å². The highest BCUT2D eigenvalue weighted by atomic mass is 32.1. The average molecular weight is 605 g/mol. The van der Waals surface area contributed by atoms with Gasteiger partial charge in [0.25, 0.3) is 5.91 Å². The van der Waals surface area contributed by atoms with E-state index < -0.39 is 12.1 Å². The molecular weight excluding hydrogens is 573 g/mol. The molecule has 3 fully saturated rings. The number of esters is 1. The van der Waals surface area contributed by atoms with Gasteiger partial charge in [-0.15, -0.1) is 11.3 Å². The van der Waals surface area contributed by atoms with Crippen LogP contribution in [0.5, 0.6) is 0 Å². The molecule has 0 saturated carbocycles. The number of quaternary nitrogens is 1. The van der Waals surface area contributed by atoms with Crippen LogP contribution in [-0.4, -0.2) is 66.6 Å². The number of anilines is 1. The molecule has 3 saturated heterocycles. The molecule has 6 rings (SSSR count). The lowest BCUT2D eigenvalue weighted by atomic mass is 9.83. The molecule has 0 radical (unpaired) electrons. The van der Waals surface area contributed by atoms with E-state index in [0.29, 0.717) is 18.0 Å². The van der Waals surface area contributed by atoms with E-state index in [1.807, 2.05) is 66.0 Å². The lowest BCUT2D eigenvalue weighted by Gasteiger charge is -2.51. The second-order valence-electron chi connectivity index (χ2n) is 9.99. The number of ether oxygens (including phenoxy) is 1. The fourth-order valence-electron chi connectivity index (χ4n) is 4.92. The van der Waals surface area contributed by atoms with Crippen LogP contribution in [0.2, 0.25) is 0 Å². The number of Topliss-reactive ketones (excluding diaryl/α,β-unsaturated/α-hetero) is 1. The zero-order valence-electron chi connectivity index (χ0n) is 22.8. The van der Waals surface area contributed by atoms with E-state index in [1.54, 1.807) is 12.1 Å². The van der Waals surface area contributed by atoms with E-state index in [0.717, 1.165) is 47.5 Å². The van der Waals surface area contributed by atoms with Gasteiger partial charge in [0.1, 0.15) is 19.1 Å². The summed E-state index contributed by atoms with van der Waals surface area (Å²) < 4.78 is 37.8. The Labute approximate surface area is 245 Å². The summed E-state index contributed by atoms with van der Waals surface area (Å²) in [5.41, 5.74) is 1.48. The van der Waals surface area contributed by atoms with E-state index in [9.17, 15) is 27.6 Å². The fourth-order valence-corrected chi connectivity index (χ4v) is 5.58. The molecule has 0 unspecified atom stereocenters. The van der Waals surface area contributed by atoms with Gasteiger partial charge in [-0.05, 0) is 35.7 Å². The number of hydrogen-bond donors (Lipinski definition) is 1. The largest absolute Gasteiger partial charge is 0.542 e. The lowest BCUT2D eigenvalue weighted by Crippen LogP contribution is -2.65. The quantitative estimate of drug-likeness (QED) is 0.255. The molecular formula is C30H31F3N2O6S. The van der Waals surface area contributed by atoms with E-state index in [4.69, 9.17) is 14.6 Å². The Balaban J connectivity index is 0.000000194. The molecule has 42 heavy (non-hydrogen) atoms. The van der Waals surface area contributed by atoms with Crippen LogP contribution >= 0.6 is 11.3 Å². The molecule has 1 aromatic heterocycles. The van der Waals surface area contributed by atoms with Crippen molar-refractivity contribution in [3.8, 4) is 0 Å². The van der Waals surface area contributed by atoms with Crippen LogP contribution in [0.25, 0.3) is 0 Å². The number of aliphatic carboxylic acids is 1. The van der Waals surface area contributed by atoms with Gasteiger partial charge in [0, 0.05) is 36.9 Å². The Kier molecular flexibility index (Phi) is 11.4. The van der Waals surface area contributed by atoms with E-state index in [2.05, 4.69) is 5.32 Å². The Morgan fingerprint density at radius 2 is 1.52 bits per heavy atom. The van der Waals surface area contributed by atoms with Gasteiger partial charge in [-0.2, -0.15) is 13.2 Å². The van der Waals surface area contributed by atoms with Crippen molar-refractivity contribution < 1.29 is 46.7 Å². The molecule has 2 aromatic carbocycles. The number of carboxylic acid groups (broad SMARTS) is 1. The van der Waals surface area contributed by atoms with Crippen molar-refractivity contribution in [2.24, 2.45) is 5.92 Å². The van der Waals surface area contributed by atoms with Crippen molar-refractivity contribution in [3.05, 3.63) is 88.6 Å². The van der Waals surface area contributed by atoms with Crippen molar-refractivity contribution in [2.45, 2.75) is 32.0 Å². The topological polar surface area (TPSA) is 113 Å². The van der Waals surface area contributed by atoms with Crippen molar-refractivity contribution in [2.75, 3.05) is 31.5 Å². The highest BCUT2D eigenvalue weighted by Crippen LogP contribution is 2.36. The summed E-state index contributed by atoms with van der Waals surface area (Å²) >= 11 is 1.51. The van der Waals surface area contributed by atoms with Gasteiger partial charge in [-0.1, -0.05) is 42.5 Å². The molecule has 1 atom stereocenters. The number of piperidine rings is 3. The molecule has 3 aliphatic rings. The van der Waals surface area contributed by atoms with Crippen LogP contribution in [0, 0.1) is 5.92 Å². The average Bonchev–Trinajstić information content (AvgIpc) is 3.50. The molecule has 0 spiro atoms. The summed E-state index contributed by atoms with van der Waals surface area (Å²) in [6, 6.07) is 22.4. The van der Waals surface area contributed by atoms with Gasteiger partial charge < -0.3 is 24.4 Å². The standard InChI is InChI=1S/C15H20NO3S.C13H11NO.C2HF3O2/c1-11(17)19-14-10-16(6-4-12(14)5-7-16)9-13(18)15-3-2-8-20-15;15-13(11-7-3-1-4-8-11)14-12-9-5-2-6-10-12;3-2(4,5)1(6)7/h2-3,8,12,14H,4-7,9-10H2,1H3;1-10H,(H,14,15);(H,6,7)/q+1;;/p-1/t12?,14-,16?;;/m0../s1. The number of halogens is 3. The first-order chi connectivity index (χ1) is 19.9. The molecule has 2 bridgehead atoms. The van der Waals surface area contributed by atoms with Crippen LogP contribution in [-0.2, 0) is 14.3 Å². The van der Waals surface area contributed by atoms with Gasteiger partial charge in [-0.3, -0.25) is 14.4 Å². The van der Waals surface area contributed by atoms with Crippen molar-refractivity contribution in [1.29, 1.82) is 0 Å². The molecule has 224 valence electrons.